The summed E-state index contributed by atoms with van der Waals surface area (Å²) in [7, 11) is -3.72. The van der Waals surface area contributed by atoms with Crippen LogP contribution in [0.3, 0.4) is 0 Å². The first-order chi connectivity index (χ1) is 16.7. The Kier molecular flexibility index (Phi) is 7.21. The summed E-state index contributed by atoms with van der Waals surface area (Å²) in [5.41, 5.74) is 3.43. The largest absolute Gasteiger partial charge is 0.349 e. The predicted octanol–water partition coefficient (Wildman–Crippen LogP) is 4.14. The zero-order chi connectivity index (χ0) is 25.0. The molecule has 35 heavy (non-hydrogen) atoms. The van der Waals surface area contributed by atoms with Gasteiger partial charge >= 0.3 is 0 Å². The second-order valence-electron chi connectivity index (χ2n) is 8.83. The van der Waals surface area contributed by atoms with Crippen LogP contribution in [0.5, 0.6) is 0 Å². The van der Waals surface area contributed by atoms with Gasteiger partial charge in [0, 0.05) is 35.9 Å². The molecule has 2 N–H and O–H groups in total. The summed E-state index contributed by atoms with van der Waals surface area (Å²) in [4.78, 5) is 27.3. The Morgan fingerprint density at radius 1 is 0.829 bits per heavy atom. The Hall–Kier alpha value is -3.65. The number of likely N-dealkylation sites (tertiary alicyclic amines) is 1. The monoisotopic (exact) mass is 491 g/mol. The van der Waals surface area contributed by atoms with Crippen molar-refractivity contribution in [3.8, 4) is 0 Å². The number of nitrogens with zero attached hydrogens (tertiary/aromatic N) is 1. The van der Waals surface area contributed by atoms with Crippen LogP contribution in [-0.4, -0.2) is 44.3 Å². The third-order valence-electron chi connectivity index (χ3n) is 6.33. The zero-order valence-electron chi connectivity index (χ0n) is 19.8. The fourth-order valence-corrected chi connectivity index (χ4v) is 5.19. The molecule has 8 heteroatoms. The fraction of sp³-hybridized carbons (Fsp3) is 0.259. The van der Waals surface area contributed by atoms with Crippen molar-refractivity contribution in [2.24, 2.45) is 0 Å². The van der Waals surface area contributed by atoms with Crippen molar-refractivity contribution in [2.45, 2.75) is 37.6 Å². The van der Waals surface area contributed by atoms with Gasteiger partial charge in [-0.1, -0.05) is 24.3 Å². The topological polar surface area (TPSA) is 95.6 Å². The Bertz CT molecular complexity index is 1310. The standard InChI is InChI=1S/C27H29N3O4S/c1-19-8-13-25(18-20(19)2)35(33,34)29-24-11-9-22(10-12-24)27(32)30-16-14-23(15-17-30)28-26(31)21-6-4-3-5-7-21/h3-13,18,23,29H,14-17H2,1-2H3,(H,28,31). The van der Waals surface area contributed by atoms with Crippen LogP contribution in [0.25, 0.3) is 0 Å². The van der Waals surface area contributed by atoms with Crippen LogP contribution in [0.4, 0.5) is 5.69 Å². The van der Waals surface area contributed by atoms with Crippen molar-refractivity contribution < 1.29 is 18.0 Å². The zero-order valence-corrected chi connectivity index (χ0v) is 20.6. The Morgan fingerprint density at radius 2 is 1.49 bits per heavy atom. The van der Waals surface area contributed by atoms with E-state index in [9.17, 15) is 18.0 Å². The van der Waals surface area contributed by atoms with Gasteiger partial charge in [-0.15, -0.1) is 0 Å². The summed E-state index contributed by atoms with van der Waals surface area (Å²) < 4.78 is 28.0. The number of nitrogens with one attached hydrogen (secondary N) is 2. The molecule has 0 bridgehead atoms. The van der Waals surface area contributed by atoms with Gasteiger partial charge in [-0.3, -0.25) is 14.3 Å². The van der Waals surface area contributed by atoms with Crippen molar-refractivity contribution in [1.29, 1.82) is 0 Å². The molecule has 182 valence electrons. The minimum absolute atomic E-state index is 0.0222. The van der Waals surface area contributed by atoms with Crippen LogP contribution in [0, 0.1) is 13.8 Å². The highest BCUT2D eigenvalue weighted by Gasteiger charge is 2.25. The number of carbonyl (C=O) groups is 2. The van der Waals surface area contributed by atoms with Gasteiger partial charge in [0.2, 0.25) is 0 Å². The van der Waals surface area contributed by atoms with E-state index in [1.807, 2.05) is 32.0 Å². The van der Waals surface area contributed by atoms with Crippen LogP contribution in [0.15, 0.2) is 77.7 Å². The maximum Gasteiger partial charge on any atom is 0.261 e. The molecule has 3 aromatic rings. The van der Waals surface area contributed by atoms with Crippen molar-refractivity contribution in [3.63, 3.8) is 0 Å². The summed E-state index contributed by atoms with van der Waals surface area (Å²) in [5, 5.41) is 3.04. The van der Waals surface area contributed by atoms with Gasteiger partial charge in [0.15, 0.2) is 0 Å². The van der Waals surface area contributed by atoms with Gasteiger partial charge in [0.1, 0.15) is 0 Å². The average Bonchev–Trinajstić information content (AvgIpc) is 2.86. The molecule has 0 aliphatic carbocycles. The van der Waals surface area contributed by atoms with E-state index >= 15 is 0 Å². The van der Waals surface area contributed by atoms with Gasteiger partial charge in [-0.05, 0) is 86.3 Å². The lowest BCUT2D eigenvalue weighted by molar-refractivity contribution is 0.0698. The second-order valence-corrected chi connectivity index (χ2v) is 10.5. The first kappa shape index (κ1) is 24.5. The molecule has 1 aliphatic rings. The first-order valence-corrected chi connectivity index (χ1v) is 13.1. The Balaban J connectivity index is 1.33. The summed E-state index contributed by atoms with van der Waals surface area (Å²) in [6.07, 6.45) is 1.36. The van der Waals surface area contributed by atoms with E-state index in [1.54, 1.807) is 59.5 Å². The number of hydrogen-bond acceptors (Lipinski definition) is 4. The maximum absolute atomic E-state index is 12.9. The SMILES string of the molecule is Cc1ccc(S(=O)(=O)Nc2ccc(C(=O)N3CCC(NC(=O)c4ccccc4)CC3)cc2)cc1C. The number of sulfonamides is 1. The molecule has 0 radical (unpaired) electrons. The summed E-state index contributed by atoms with van der Waals surface area (Å²) in [6.45, 7) is 4.88. The molecule has 1 aliphatic heterocycles. The number of hydrogen-bond donors (Lipinski definition) is 2. The van der Waals surface area contributed by atoms with Crippen molar-refractivity contribution in [1.82, 2.24) is 10.2 Å². The van der Waals surface area contributed by atoms with E-state index in [0.717, 1.165) is 11.1 Å². The fourth-order valence-electron chi connectivity index (χ4n) is 4.04. The highest BCUT2D eigenvalue weighted by molar-refractivity contribution is 7.92. The van der Waals surface area contributed by atoms with Gasteiger partial charge < -0.3 is 10.2 Å². The molecule has 1 fully saturated rings. The van der Waals surface area contributed by atoms with E-state index < -0.39 is 10.0 Å². The number of piperidine rings is 1. The lowest BCUT2D eigenvalue weighted by atomic mass is 10.0. The molecule has 3 aromatic carbocycles. The van der Waals surface area contributed by atoms with Crippen molar-refractivity contribution in [2.75, 3.05) is 17.8 Å². The smallest absolute Gasteiger partial charge is 0.261 e. The van der Waals surface area contributed by atoms with Gasteiger partial charge in [0.25, 0.3) is 21.8 Å². The number of carbonyl (C=O) groups excluding carboxylic acids is 2. The second kappa shape index (κ2) is 10.3. The van der Waals surface area contributed by atoms with Crippen LogP contribution in [0.1, 0.15) is 44.7 Å². The molecule has 1 heterocycles. The quantitative estimate of drug-likeness (QED) is 0.542. The van der Waals surface area contributed by atoms with Gasteiger partial charge in [-0.25, -0.2) is 8.42 Å². The number of benzene rings is 3. The van der Waals surface area contributed by atoms with Gasteiger partial charge in [0.05, 0.1) is 4.90 Å². The molecule has 7 nitrogen and oxygen atoms in total. The molecule has 4 rings (SSSR count). The third kappa shape index (κ3) is 5.89. The minimum atomic E-state index is -3.72. The molecule has 0 atom stereocenters. The van der Waals surface area contributed by atoms with Crippen LogP contribution in [0.2, 0.25) is 0 Å². The lowest BCUT2D eigenvalue weighted by Crippen LogP contribution is -2.46. The molecule has 0 spiro atoms. The highest BCUT2D eigenvalue weighted by atomic mass is 32.2. The number of amides is 2. The maximum atomic E-state index is 12.9. The Labute approximate surface area is 206 Å². The first-order valence-electron chi connectivity index (χ1n) is 11.6. The van der Waals surface area contributed by atoms with E-state index in [-0.39, 0.29) is 22.8 Å². The third-order valence-corrected chi connectivity index (χ3v) is 7.71. The molecule has 0 unspecified atom stereocenters. The molecule has 0 aromatic heterocycles. The van der Waals surface area contributed by atoms with Crippen molar-refractivity contribution >= 4 is 27.5 Å². The van der Waals surface area contributed by atoms with Crippen molar-refractivity contribution in [3.05, 3.63) is 95.1 Å². The predicted molar refractivity (Wildman–Crippen MR) is 136 cm³/mol. The van der Waals surface area contributed by atoms with E-state index in [4.69, 9.17) is 0 Å². The molecular weight excluding hydrogens is 462 g/mol. The van der Waals surface area contributed by atoms with Crippen LogP contribution in [-0.2, 0) is 10.0 Å². The number of aryl methyl sites for hydroxylation is 2. The molecular formula is C27H29N3O4S. The van der Waals surface area contributed by atoms with Crippen LogP contribution < -0.4 is 10.0 Å². The van der Waals surface area contributed by atoms with E-state index in [0.29, 0.717) is 42.7 Å². The normalized spacial score (nSPS) is 14.4. The van der Waals surface area contributed by atoms with Crippen LogP contribution >= 0.6 is 0 Å². The Morgan fingerprint density at radius 3 is 2.11 bits per heavy atom. The minimum Gasteiger partial charge on any atom is -0.349 e. The number of rotatable bonds is 6. The average molecular weight is 492 g/mol. The highest BCUT2D eigenvalue weighted by Crippen LogP contribution is 2.21. The van der Waals surface area contributed by atoms with E-state index in [2.05, 4.69) is 10.0 Å². The summed E-state index contributed by atoms with van der Waals surface area (Å²) in [6, 6.07) is 20.6. The number of anilines is 1. The summed E-state index contributed by atoms with van der Waals surface area (Å²) in [5.74, 6) is -0.212. The lowest BCUT2D eigenvalue weighted by Gasteiger charge is -2.32. The molecule has 0 saturated carbocycles. The molecule has 1 saturated heterocycles. The van der Waals surface area contributed by atoms with E-state index in [1.165, 1.54) is 0 Å². The van der Waals surface area contributed by atoms with Gasteiger partial charge in [-0.2, -0.15) is 0 Å². The molecule has 2 amide bonds. The summed E-state index contributed by atoms with van der Waals surface area (Å²) >= 11 is 0.